The van der Waals surface area contributed by atoms with Crippen LogP contribution in [0.25, 0.3) is 0 Å². The smallest absolute Gasteiger partial charge is 0.191 e. The number of guanidine groups is 1. The second-order valence-corrected chi connectivity index (χ2v) is 8.09. The Bertz CT molecular complexity index is 894. The highest BCUT2D eigenvalue weighted by Crippen LogP contribution is 2.30. The molecule has 0 spiro atoms. The van der Waals surface area contributed by atoms with Crippen LogP contribution in [0.2, 0.25) is 0 Å². The number of halogens is 2. The van der Waals surface area contributed by atoms with Crippen molar-refractivity contribution in [3.8, 4) is 5.75 Å². The van der Waals surface area contributed by atoms with Gasteiger partial charge in [-0.2, -0.15) is 5.10 Å². The molecule has 1 atom stereocenters. The van der Waals surface area contributed by atoms with E-state index < -0.39 is 0 Å². The molecule has 1 aromatic heterocycles. The molecular weight excluding hydrogens is 508 g/mol. The number of rotatable bonds is 9. The van der Waals surface area contributed by atoms with Gasteiger partial charge in [-0.15, -0.1) is 24.0 Å². The monoisotopic (exact) mass is 543 g/mol. The van der Waals surface area contributed by atoms with Gasteiger partial charge >= 0.3 is 0 Å². The number of aryl methyl sites for hydroxylation is 2. The summed E-state index contributed by atoms with van der Waals surface area (Å²) in [6.45, 7) is 10.2. The molecule has 1 heterocycles. The van der Waals surface area contributed by atoms with Crippen LogP contribution < -0.4 is 15.4 Å². The van der Waals surface area contributed by atoms with E-state index in [1.165, 1.54) is 24.1 Å². The number of hydrogen-bond acceptors (Lipinski definition) is 3. The van der Waals surface area contributed by atoms with Crippen molar-refractivity contribution in [1.29, 1.82) is 0 Å². The Morgan fingerprint density at radius 1 is 1.35 bits per heavy atom. The summed E-state index contributed by atoms with van der Waals surface area (Å²) in [5.74, 6) is 1.34. The average Bonchev–Trinajstić information content (AvgIpc) is 3.50. The molecular formula is C23H35FIN5O. The van der Waals surface area contributed by atoms with E-state index in [4.69, 9.17) is 9.73 Å². The van der Waals surface area contributed by atoms with Crippen LogP contribution in [0.1, 0.15) is 55.2 Å². The zero-order valence-corrected chi connectivity index (χ0v) is 21.5. The lowest BCUT2D eigenvalue weighted by Crippen LogP contribution is -2.39. The summed E-state index contributed by atoms with van der Waals surface area (Å²) in [6, 6.07) is 5.10. The number of aliphatic imine (C=N–C) groups is 1. The van der Waals surface area contributed by atoms with E-state index in [2.05, 4.69) is 22.7 Å². The third-order valence-electron chi connectivity index (χ3n) is 5.62. The molecule has 0 saturated heterocycles. The molecule has 0 aliphatic heterocycles. The molecule has 2 aromatic rings. The number of ether oxygens (including phenoxy) is 1. The first-order valence-corrected chi connectivity index (χ1v) is 10.8. The molecule has 1 unspecified atom stereocenters. The van der Waals surface area contributed by atoms with Crippen LogP contribution in [0.3, 0.4) is 0 Å². The minimum Gasteiger partial charge on any atom is -0.490 e. The highest BCUT2D eigenvalue weighted by Gasteiger charge is 2.22. The SMILES string of the molecule is CCNC(=NCCc1c(C)nn(C)c1C)NC(C)c1ccc(OCC2CC2)c(F)c1.I. The second-order valence-electron chi connectivity index (χ2n) is 8.09. The Morgan fingerprint density at radius 3 is 2.68 bits per heavy atom. The van der Waals surface area contributed by atoms with Gasteiger partial charge in [-0.3, -0.25) is 9.67 Å². The Morgan fingerprint density at radius 2 is 2.10 bits per heavy atom. The predicted molar refractivity (Wildman–Crippen MR) is 134 cm³/mol. The molecule has 31 heavy (non-hydrogen) atoms. The van der Waals surface area contributed by atoms with Crippen LogP contribution in [0, 0.1) is 25.6 Å². The summed E-state index contributed by atoms with van der Waals surface area (Å²) in [5.41, 5.74) is 4.33. The molecule has 1 aromatic carbocycles. The standard InChI is InChI=1S/C23H34FN5O.HI/c1-6-25-23(26-12-11-20-16(3)28-29(5)17(20)4)27-15(2)19-9-10-22(21(24)13-19)30-14-18-7-8-18;/h9-10,13,15,18H,6-8,11-12,14H2,1-5H3,(H2,25,26,27);1H. The van der Waals surface area contributed by atoms with Crippen molar-refractivity contribution >= 4 is 29.9 Å². The minimum atomic E-state index is -0.314. The van der Waals surface area contributed by atoms with E-state index in [0.29, 0.717) is 24.8 Å². The first-order valence-electron chi connectivity index (χ1n) is 10.8. The Labute approximate surface area is 202 Å². The Kier molecular flexibility index (Phi) is 9.58. The third kappa shape index (κ3) is 7.08. The van der Waals surface area contributed by atoms with Crippen LogP contribution in [0.5, 0.6) is 5.75 Å². The van der Waals surface area contributed by atoms with Crippen molar-refractivity contribution in [2.75, 3.05) is 19.7 Å². The molecule has 0 amide bonds. The minimum absolute atomic E-state index is 0. The summed E-state index contributed by atoms with van der Waals surface area (Å²) in [6.07, 6.45) is 3.21. The van der Waals surface area contributed by atoms with E-state index in [0.717, 1.165) is 30.2 Å². The molecule has 0 bridgehead atoms. The Balaban J connectivity index is 0.00000341. The largest absolute Gasteiger partial charge is 0.490 e. The van der Waals surface area contributed by atoms with Gasteiger partial charge in [-0.25, -0.2) is 4.39 Å². The van der Waals surface area contributed by atoms with Crippen molar-refractivity contribution in [3.63, 3.8) is 0 Å². The molecule has 6 nitrogen and oxygen atoms in total. The quantitative estimate of drug-likeness (QED) is 0.279. The lowest BCUT2D eigenvalue weighted by atomic mass is 10.1. The molecule has 8 heteroatoms. The van der Waals surface area contributed by atoms with Crippen molar-refractivity contribution in [3.05, 3.63) is 46.5 Å². The maximum absolute atomic E-state index is 14.4. The highest BCUT2D eigenvalue weighted by atomic mass is 127. The van der Waals surface area contributed by atoms with Gasteiger partial charge < -0.3 is 15.4 Å². The molecule has 3 rings (SSSR count). The Hall–Kier alpha value is -1.84. The molecule has 2 N–H and O–H groups in total. The fourth-order valence-electron chi connectivity index (χ4n) is 3.46. The maximum Gasteiger partial charge on any atom is 0.191 e. The molecule has 1 aliphatic rings. The van der Waals surface area contributed by atoms with Gasteiger partial charge in [0.05, 0.1) is 18.3 Å². The summed E-state index contributed by atoms with van der Waals surface area (Å²) < 4.78 is 21.9. The van der Waals surface area contributed by atoms with Gasteiger partial charge in [0.25, 0.3) is 0 Å². The van der Waals surface area contributed by atoms with Crippen LogP contribution in [0.15, 0.2) is 23.2 Å². The van der Waals surface area contributed by atoms with Crippen LogP contribution >= 0.6 is 24.0 Å². The van der Waals surface area contributed by atoms with Gasteiger partial charge in [0.1, 0.15) is 0 Å². The van der Waals surface area contributed by atoms with Gasteiger partial charge in [-0.05, 0) is 76.1 Å². The highest BCUT2D eigenvalue weighted by molar-refractivity contribution is 14.0. The third-order valence-corrected chi connectivity index (χ3v) is 5.62. The lowest BCUT2D eigenvalue weighted by molar-refractivity contribution is 0.285. The summed E-state index contributed by atoms with van der Waals surface area (Å²) in [7, 11) is 1.96. The predicted octanol–water partition coefficient (Wildman–Crippen LogP) is 4.44. The number of benzene rings is 1. The second kappa shape index (κ2) is 11.7. The maximum atomic E-state index is 14.4. The molecule has 1 aliphatic carbocycles. The lowest BCUT2D eigenvalue weighted by Gasteiger charge is -2.19. The van der Waals surface area contributed by atoms with Crippen LogP contribution in [-0.4, -0.2) is 35.4 Å². The summed E-state index contributed by atoms with van der Waals surface area (Å²) >= 11 is 0. The van der Waals surface area contributed by atoms with E-state index in [9.17, 15) is 4.39 Å². The number of aromatic nitrogens is 2. The normalized spacial score (nSPS) is 14.7. The molecule has 1 saturated carbocycles. The first-order chi connectivity index (χ1) is 14.4. The van der Waals surface area contributed by atoms with Gasteiger partial charge in [0, 0.05) is 25.8 Å². The molecule has 1 fully saturated rings. The van der Waals surface area contributed by atoms with E-state index >= 15 is 0 Å². The zero-order chi connectivity index (χ0) is 21.7. The summed E-state index contributed by atoms with van der Waals surface area (Å²) in [4.78, 5) is 4.70. The number of nitrogens with one attached hydrogen (secondary N) is 2. The number of nitrogens with zero attached hydrogens (tertiary/aromatic N) is 3. The zero-order valence-electron chi connectivity index (χ0n) is 19.2. The topological polar surface area (TPSA) is 63.5 Å². The summed E-state index contributed by atoms with van der Waals surface area (Å²) in [5, 5.41) is 11.1. The van der Waals surface area contributed by atoms with Crippen LogP contribution in [0.4, 0.5) is 4.39 Å². The van der Waals surface area contributed by atoms with E-state index in [1.54, 1.807) is 12.1 Å². The van der Waals surface area contributed by atoms with Crippen molar-refractivity contribution in [2.24, 2.45) is 18.0 Å². The fraction of sp³-hybridized carbons (Fsp3) is 0.565. The van der Waals surface area contributed by atoms with E-state index in [1.807, 2.05) is 38.6 Å². The van der Waals surface area contributed by atoms with Crippen LogP contribution in [-0.2, 0) is 13.5 Å². The van der Waals surface area contributed by atoms with Gasteiger partial charge in [0.2, 0.25) is 0 Å². The van der Waals surface area contributed by atoms with E-state index in [-0.39, 0.29) is 35.8 Å². The first kappa shape index (κ1) is 25.4. The van der Waals surface area contributed by atoms with Gasteiger partial charge in [0.15, 0.2) is 17.5 Å². The fourth-order valence-corrected chi connectivity index (χ4v) is 3.46. The number of hydrogen-bond donors (Lipinski definition) is 2. The molecule has 172 valence electrons. The molecule has 0 radical (unpaired) electrons. The van der Waals surface area contributed by atoms with Gasteiger partial charge in [-0.1, -0.05) is 6.07 Å². The average molecular weight is 543 g/mol. The van der Waals surface area contributed by atoms with Crippen molar-refractivity contribution in [2.45, 2.75) is 53.0 Å². The van der Waals surface area contributed by atoms with Crippen molar-refractivity contribution < 1.29 is 9.13 Å². The van der Waals surface area contributed by atoms with Crippen molar-refractivity contribution in [1.82, 2.24) is 20.4 Å².